The number of piperazine rings is 1. The molecule has 0 aromatic heterocycles. The van der Waals surface area contributed by atoms with Crippen molar-refractivity contribution in [3.63, 3.8) is 0 Å². The maximum atomic E-state index is 12.8. The second-order valence-electron chi connectivity index (χ2n) is 6.59. The molecule has 3 rings (SSSR count). The maximum absolute atomic E-state index is 12.8. The lowest BCUT2D eigenvalue weighted by atomic mass is 10.4. The van der Waals surface area contributed by atoms with E-state index in [9.17, 15) is 16.8 Å². The van der Waals surface area contributed by atoms with Crippen LogP contribution in [0.25, 0.3) is 0 Å². The van der Waals surface area contributed by atoms with E-state index in [1.807, 2.05) is 0 Å². The molecule has 25 heavy (non-hydrogen) atoms. The molecule has 0 radical (unpaired) electrons. The molecular formula is C16H26N3O4S2+. The summed E-state index contributed by atoms with van der Waals surface area (Å²) in [6.07, 6.45) is 1.74. The molecule has 0 saturated carbocycles. The van der Waals surface area contributed by atoms with Gasteiger partial charge < -0.3 is 4.90 Å². The van der Waals surface area contributed by atoms with Crippen molar-refractivity contribution < 1.29 is 21.7 Å². The fourth-order valence-corrected chi connectivity index (χ4v) is 6.37. The molecule has 1 aromatic carbocycles. The minimum absolute atomic E-state index is 0.160. The first-order valence-electron chi connectivity index (χ1n) is 8.79. The van der Waals surface area contributed by atoms with Gasteiger partial charge in [-0.2, -0.15) is 8.61 Å². The Morgan fingerprint density at radius 1 is 0.800 bits per heavy atom. The van der Waals surface area contributed by atoms with Crippen molar-refractivity contribution >= 4 is 20.0 Å². The molecule has 2 aliphatic heterocycles. The molecule has 0 unspecified atom stereocenters. The van der Waals surface area contributed by atoms with Gasteiger partial charge in [-0.05, 0) is 44.0 Å². The van der Waals surface area contributed by atoms with E-state index in [0.717, 1.165) is 32.5 Å². The van der Waals surface area contributed by atoms with Crippen LogP contribution in [0.3, 0.4) is 0 Å². The van der Waals surface area contributed by atoms with Gasteiger partial charge in [-0.15, -0.1) is 0 Å². The smallest absolute Gasteiger partial charge is 0.243 e. The molecule has 2 saturated heterocycles. The van der Waals surface area contributed by atoms with E-state index in [0.29, 0.717) is 26.2 Å². The van der Waals surface area contributed by atoms with Crippen LogP contribution in [0.5, 0.6) is 0 Å². The first-order chi connectivity index (χ1) is 11.9. The van der Waals surface area contributed by atoms with Gasteiger partial charge in [-0.1, -0.05) is 0 Å². The van der Waals surface area contributed by atoms with Crippen LogP contribution in [-0.2, 0) is 20.0 Å². The first-order valence-corrected chi connectivity index (χ1v) is 11.7. The summed E-state index contributed by atoms with van der Waals surface area (Å²) in [5.74, 6) is 0. The third-order valence-corrected chi connectivity index (χ3v) is 8.92. The third-order valence-electron chi connectivity index (χ3n) is 5.09. The second kappa shape index (κ2) is 7.32. The van der Waals surface area contributed by atoms with Gasteiger partial charge >= 0.3 is 0 Å². The van der Waals surface area contributed by atoms with Crippen LogP contribution in [0, 0.1) is 0 Å². The Kier molecular flexibility index (Phi) is 5.50. The number of benzene rings is 1. The zero-order chi connectivity index (χ0) is 18.1. The highest BCUT2D eigenvalue weighted by molar-refractivity contribution is 7.89. The second-order valence-corrected chi connectivity index (χ2v) is 10.5. The van der Waals surface area contributed by atoms with Crippen molar-refractivity contribution in [1.29, 1.82) is 0 Å². The lowest BCUT2D eigenvalue weighted by Crippen LogP contribution is -3.14. The van der Waals surface area contributed by atoms with E-state index >= 15 is 0 Å². The van der Waals surface area contributed by atoms with Crippen molar-refractivity contribution in [3.05, 3.63) is 24.3 Å². The first kappa shape index (κ1) is 18.8. The lowest BCUT2D eigenvalue weighted by molar-refractivity contribution is -0.901. The van der Waals surface area contributed by atoms with Crippen molar-refractivity contribution in [3.8, 4) is 0 Å². The van der Waals surface area contributed by atoms with Crippen LogP contribution in [-0.4, -0.2) is 71.3 Å². The van der Waals surface area contributed by atoms with Gasteiger partial charge in [-0.25, -0.2) is 16.8 Å². The molecule has 140 valence electrons. The molecule has 1 aromatic rings. The quantitative estimate of drug-likeness (QED) is 0.729. The Labute approximate surface area is 150 Å². The summed E-state index contributed by atoms with van der Waals surface area (Å²) in [7, 11) is -7.08. The summed E-state index contributed by atoms with van der Waals surface area (Å²) in [4.78, 5) is 1.72. The minimum atomic E-state index is -3.56. The number of rotatable bonds is 5. The summed E-state index contributed by atoms with van der Waals surface area (Å²) in [5.41, 5.74) is 0. The van der Waals surface area contributed by atoms with E-state index in [1.54, 1.807) is 0 Å². The Hall–Kier alpha value is -1.00. The van der Waals surface area contributed by atoms with Crippen LogP contribution in [0.2, 0.25) is 0 Å². The van der Waals surface area contributed by atoms with E-state index in [1.165, 1.54) is 37.8 Å². The molecule has 9 heteroatoms. The van der Waals surface area contributed by atoms with Crippen LogP contribution < -0.4 is 4.90 Å². The number of likely N-dealkylation sites (N-methyl/N-ethyl adjacent to an activating group) is 1. The van der Waals surface area contributed by atoms with Gasteiger partial charge in [0.25, 0.3) is 0 Å². The zero-order valence-electron chi connectivity index (χ0n) is 14.5. The number of nitrogens with zero attached hydrogens (tertiary/aromatic N) is 2. The molecule has 1 N–H and O–H groups in total. The molecule has 2 heterocycles. The standard InChI is InChI=1S/C16H25N3O4S2/c1-2-17-11-13-19(14-12-17)25(22,23)16-7-5-15(6-8-16)24(20,21)18-9-3-4-10-18/h5-8H,2-4,9-14H2,1H3/p+1. The summed E-state index contributed by atoms with van der Waals surface area (Å²) < 4.78 is 53.5. The fourth-order valence-electron chi connectivity index (χ4n) is 3.41. The molecular weight excluding hydrogens is 362 g/mol. The van der Waals surface area contributed by atoms with E-state index < -0.39 is 20.0 Å². The van der Waals surface area contributed by atoms with Crippen molar-refractivity contribution in [2.45, 2.75) is 29.6 Å². The Morgan fingerprint density at radius 3 is 1.60 bits per heavy atom. The SMILES string of the molecule is CC[NH+]1CCN(S(=O)(=O)c2ccc(S(=O)(=O)N3CCCC3)cc2)CC1. The van der Waals surface area contributed by atoms with E-state index in [-0.39, 0.29) is 9.79 Å². The topological polar surface area (TPSA) is 79.2 Å². The van der Waals surface area contributed by atoms with Gasteiger partial charge in [-0.3, -0.25) is 0 Å². The number of hydrogen-bond acceptors (Lipinski definition) is 4. The molecule has 2 aliphatic rings. The Bertz CT molecular complexity index is 792. The largest absolute Gasteiger partial charge is 0.333 e. The van der Waals surface area contributed by atoms with Crippen LogP contribution in [0.1, 0.15) is 19.8 Å². The van der Waals surface area contributed by atoms with E-state index in [2.05, 4.69) is 6.92 Å². The number of quaternary nitrogens is 1. The minimum Gasteiger partial charge on any atom is -0.333 e. The van der Waals surface area contributed by atoms with Gasteiger partial charge in [0.2, 0.25) is 20.0 Å². The fraction of sp³-hybridized carbons (Fsp3) is 0.625. The molecule has 2 fully saturated rings. The van der Waals surface area contributed by atoms with Gasteiger partial charge in [0.05, 0.1) is 42.5 Å². The summed E-state index contributed by atoms with van der Waals surface area (Å²) in [6.45, 7) is 6.77. The highest BCUT2D eigenvalue weighted by Gasteiger charge is 2.31. The van der Waals surface area contributed by atoms with Gasteiger partial charge in [0.1, 0.15) is 0 Å². The summed E-state index contributed by atoms with van der Waals surface area (Å²) in [5, 5.41) is 0. The van der Waals surface area contributed by atoms with Crippen molar-refractivity contribution in [1.82, 2.24) is 8.61 Å². The summed E-state index contributed by atoms with van der Waals surface area (Å²) >= 11 is 0. The Morgan fingerprint density at radius 2 is 1.20 bits per heavy atom. The lowest BCUT2D eigenvalue weighted by Gasteiger charge is -2.30. The molecule has 0 bridgehead atoms. The predicted octanol–water partition coefficient (Wildman–Crippen LogP) is -0.620. The average molecular weight is 389 g/mol. The predicted molar refractivity (Wildman–Crippen MR) is 94.4 cm³/mol. The average Bonchev–Trinajstić information content (AvgIpc) is 3.17. The molecule has 7 nitrogen and oxygen atoms in total. The number of nitrogens with one attached hydrogen (secondary N) is 1. The van der Waals surface area contributed by atoms with Crippen LogP contribution in [0.4, 0.5) is 0 Å². The summed E-state index contributed by atoms with van der Waals surface area (Å²) in [6, 6.07) is 5.65. The molecule has 0 spiro atoms. The highest BCUT2D eigenvalue weighted by Crippen LogP contribution is 2.23. The molecule has 0 atom stereocenters. The van der Waals surface area contributed by atoms with Gasteiger partial charge in [0.15, 0.2) is 0 Å². The van der Waals surface area contributed by atoms with Crippen LogP contribution in [0.15, 0.2) is 34.1 Å². The normalized spacial score (nSPS) is 21.6. The number of hydrogen-bond donors (Lipinski definition) is 1. The van der Waals surface area contributed by atoms with E-state index in [4.69, 9.17) is 0 Å². The van der Waals surface area contributed by atoms with Crippen LogP contribution >= 0.6 is 0 Å². The van der Waals surface area contributed by atoms with Gasteiger partial charge in [0, 0.05) is 13.1 Å². The van der Waals surface area contributed by atoms with Crippen molar-refractivity contribution in [2.75, 3.05) is 45.8 Å². The third kappa shape index (κ3) is 3.75. The Balaban J connectivity index is 1.77. The zero-order valence-corrected chi connectivity index (χ0v) is 16.2. The van der Waals surface area contributed by atoms with Crippen molar-refractivity contribution in [2.24, 2.45) is 0 Å². The maximum Gasteiger partial charge on any atom is 0.243 e. The molecule has 0 aliphatic carbocycles. The number of sulfonamides is 2. The highest BCUT2D eigenvalue weighted by atomic mass is 32.2. The monoisotopic (exact) mass is 388 g/mol. The molecule has 0 amide bonds.